The van der Waals surface area contributed by atoms with Crippen LogP contribution in [0.4, 0.5) is 0 Å². The number of carbonyl (C=O) groups is 3. The molecule has 136 valence electrons. The molecule has 0 bridgehead atoms. The van der Waals surface area contributed by atoms with Gasteiger partial charge in [-0.25, -0.2) is 13.9 Å². The van der Waals surface area contributed by atoms with E-state index in [9.17, 15) is 14.4 Å². The molecule has 27 heavy (non-hydrogen) atoms. The van der Waals surface area contributed by atoms with Crippen LogP contribution >= 0.6 is 0 Å². The number of hydroxylamine groups is 2. The van der Waals surface area contributed by atoms with Gasteiger partial charge in [-0.05, 0) is 36.4 Å². The van der Waals surface area contributed by atoms with Crippen LogP contribution in [0.5, 0.6) is 0 Å². The van der Waals surface area contributed by atoms with Gasteiger partial charge in [-0.2, -0.15) is 0 Å². The number of hydrogen-bond donors (Lipinski definition) is 0. The Labute approximate surface area is 155 Å². The summed E-state index contributed by atoms with van der Waals surface area (Å²) in [6.45, 7) is 0. The fourth-order valence-electron chi connectivity index (χ4n) is 3.42. The molecule has 4 rings (SSSR count). The third-order valence-electron chi connectivity index (χ3n) is 4.80. The zero-order chi connectivity index (χ0) is 19.1. The molecule has 1 aliphatic heterocycles. The van der Waals surface area contributed by atoms with Crippen LogP contribution in [0.25, 0.3) is 22.4 Å². The normalized spacial score (nSPS) is 14.2. The van der Waals surface area contributed by atoms with Gasteiger partial charge in [0, 0.05) is 12.8 Å². The number of para-hydroxylation sites is 2. The standard InChI is InChI=1S/C20H18N3O4/c1-21-15-5-3-4-6-16(15)22(2)19(21)13-7-9-14(10-8-13)20(26)27-23-17(24)11-12-18(23)25/h3-10H,11-12H2,1-2H3/q+1. The average molecular weight is 364 g/mol. The van der Waals surface area contributed by atoms with Gasteiger partial charge in [0.15, 0.2) is 11.0 Å². The number of imidazole rings is 1. The minimum absolute atomic E-state index is 0.0720. The number of imide groups is 1. The van der Waals surface area contributed by atoms with Gasteiger partial charge in [-0.1, -0.05) is 12.1 Å². The van der Waals surface area contributed by atoms with Crippen LogP contribution in [0.3, 0.4) is 0 Å². The summed E-state index contributed by atoms with van der Waals surface area (Å²) in [6.07, 6.45) is 0.144. The lowest BCUT2D eigenvalue weighted by Gasteiger charge is -2.12. The maximum absolute atomic E-state index is 12.2. The van der Waals surface area contributed by atoms with E-state index in [4.69, 9.17) is 4.84 Å². The minimum Gasteiger partial charge on any atom is -0.325 e. The largest absolute Gasteiger partial charge is 0.363 e. The van der Waals surface area contributed by atoms with Gasteiger partial charge in [0.25, 0.3) is 17.6 Å². The van der Waals surface area contributed by atoms with Crippen LogP contribution in [-0.4, -0.2) is 27.4 Å². The van der Waals surface area contributed by atoms with Crippen molar-refractivity contribution in [3.8, 4) is 11.4 Å². The van der Waals surface area contributed by atoms with Crippen molar-refractivity contribution in [2.24, 2.45) is 14.1 Å². The SMILES string of the molecule is Cn1c(-c2ccc(C(=O)ON3C(=O)CCC3=O)cc2)[n+](C)c2ccccc21. The Morgan fingerprint density at radius 3 is 2.26 bits per heavy atom. The Kier molecular flexibility index (Phi) is 3.99. The van der Waals surface area contributed by atoms with E-state index in [0.717, 1.165) is 22.4 Å². The van der Waals surface area contributed by atoms with Crippen LogP contribution in [0, 0.1) is 0 Å². The molecule has 2 heterocycles. The zero-order valence-electron chi connectivity index (χ0n) is 15.0. The van der Waals surface area contributed by atoms with Crippen LogP contribution in [0.1, 0.15) is 23.2 Å². The average Bonchev–Trinajstić information content (AvgIpc) is 3.13. The Balaban J connectivity index is 1.62. The van der Waals surface area contributed by atoms with Crippen molar-refractivity contribution in [3.63, 3.8) is 0 Å². The summed E-state index contributed by atoms with van der Waals surface area (Å²) >= 11 is 0. The molecular formula is C20H18N3O4+. The highest BCUT2D eigenvalue weighted by Gasteiger charge is 2.33. The van der Waals surface area contributed by atoms with Gasteiger partial charge in [0.1, 0.15) is 0 Å². The topological polar surface area (TPSA) is 72.5 Å². The van der Waals surface area contributed by atoms with E-state index in [1.54, 1.807) is 12.1 Å². The molecule has 0 unspecified atom stereocenters. The number of amides is 2. The van der Waals surface area contributed by atoms with Crippen molar-refractivity contribution in [1.82, 2.24) is 9.63 Å². The molecule has 0 N–H and O–H groups in total. The number of carbonyl (C=O) groups excluding carboxylic acids is 3. The molecule has 2 amide bonds. The monoisotopic (exact) mass is 364 g/mol. The third kappa shape index (κ3) is 2.77. The van der Waals surface area contributed by atoms with E-state index in [-0.39, 0.29) is 18.4 Å². The first-order valence-corrected chi connectivity index (χ1v) is 8.59. The number of nitrogens with zero attached hydrogens (tertiary/aromatic N) is 3. The first-order valence-electron chi connectivity index (χ1n) is 8.59. The third-order valence-corrected chi connectivity index (χ3v) is 4.80. The smallest absolute Gasteiger partial charge is 0.325 e. The van der Waals surface area contributed by atoms with E-state index in [1.165, 1.54) is 0 Å². The second kappa shape index (κ2) is 6.35. The van der Waals surface area contributed by atoms with E-state index >= 15 is 0 Å². The highest BCUT2D eigenvalue weighted by Crippen LogP contribution is 2.22. The van der Waals surface area contributed by atoms with Crippen molar-refractivity contribution < 1.29 is 23.8 Å². The molecule has 0 atom stereocenters. The highest BCUT2D eigenvalue weighted by atomic mass is 16.7. The van der Waals surface area contributed by atoms with Crippen LogP contribution in [-0.2, 0) is 28.5 Å². The lowest BCUT2D eigenvalue weighted by molar-refractivity contribution is -0.634. The zero-order valence-corrected chi connectivity index (χ0v) is 15.0. The van der Waals surface area contributed by atoms with Crippen LogP contribution in [0.15, 0.2) is 48.5 Å². The Hall–Kier alpha value is -3.48. The van der Waals surface area contributed by atoms with Gasteiger partial charge in [-0.15, -0.1) is 5.06 Å². The molecule has 3 aromatic rings. The summed E-state index contributed by atoms with van der Waals surface area (Å²) < 4.78 is 4.18. The van der Waals surface area contributed by atoms with Gasteiger partial charge < -0.3 is 4.84 Å². The number of hydrogen-bond acceptors (Lipinski definition) is 4. The summed E-state index contributed by atoms with van der Waals surface area (Å²) in [6, 6.07) is 15.0. The summed E-state index contributed by atoms with van der Waals surface area (Å²) in [7, 11) is 3.98. The molecule has 1 aromatic heterocycles. The van der Waals surface area contributed by atoms with Gasteiger partial charge in [0.2, 0.25) is 0 Å². The van der Waals surface area contributed by atoms with Gasteiger partial charge >= 0.3 is 5.97 Å². The predicted molar refractivity (Wildman–Crippen MR) is 96.0 cm³/mol. The predicted octanol–water partition coefficient (Wildman–Crippen LogP) is 1.89. The molecule has 0 saturated carbocycles. The molecule has 0 spiro atoms. The van der Waals surface area contributed by atoms with E-state index in [0.29, 0.717) is 5.06 Å². The Morgan fingerprint density at radius 2 is 1.63 bits per heavy atom. The number of rotatable bonds is 3. The summed E-state index contributed by atoms with van der Waals surface area (Å²) in [5.74, 6) is -0.729. The van der Waals surface area contributed by atoms with E-state index < -0.39 is 17.8 Å². The fourth-order valence-corrected chi connectivity index (χ4v) is 3.42. The summed E-state index contributed by atoms with van der Waals surface area (Å²) in [5, 5.41) is 0.556. The van der Waals surface area contributed by atoms with Crippen molar-refractivity contribution in [2.75, 3.05) is 0 Å². The van der Waals surface area contributed by atoms with Crippen molar-refractivity contribution >= 4 is 28.8 Å². The summed E-state index contributed by atoms with van der Waals surface area (Å²) in [5.41, 5.74) is 3.41. The van der Waals surface area contributed by atoms with Crippen LogP contribution in [0.2, 0.25) is 0 Å². The van der Waals surface area contributed by atoms with E-state index in [2.05, 4.69) is 21.3 Å². The van der Waals surface area contributed by atoms with Crippen LogP contribution < -0.4 is 4.57 Å². The number of fused-ring (bicyclic) bond motifs is 1. The van der Waals surface area contributed by atoms with Crippen molar-refractivity contribution in [2.45, 2.75) is 12.8 Å². The lowest BCUT2D eigenvalue weighted by atomic mass is 10.1. The molecular weight excluding hydrogens is 346 g/mol. The molecule has 1 fully saturated rings. The maximum Gasteiger partial charge on any atom is 0.363 e. The number of benzene rings is 2. The summed E-state index contributed by atoms with van der Waals surface area (Å²) in [4.78, 5) is 40.3. The highest BCUT2D eigenvalue weighted by molar-refractivity contribution is 6.02. The molecule has 1 aliphatic rings. The first kappa shape index (κ1) is 17.0. The molecule has 0 radical (unpaired) electrons. The maximum atomic E-state index is 12.2. The van der Waals surface area contributed by atoms with Crippen molar-refractivity contribution in [3.05, 3.63) is 54.1 Å². The second-order valence-electron chi connectivity index (χ2n) is 6.47. The Bertz CT molecular complexity index is 1030. The number of aryl methyl sites for hydroxylation is 2. The minimum atomic E-state index is -0.730. The molecule has 7 nitrogen and oxygen atoms in total. The second-order valence-corrected chi connectivity index (χ2v) is 6.47. The molecule has 7 heteroatoms. The molecule has 1 saturated heterocycles. The fraction of sp³-hybridized carbons (Fsp3) is 0.200. The Morgan fingerprint density at radius 1 is 1.00 bits per heavy atom. The van der Waals surface area contributed by atoms with Gasteiger partial charge in [-0.3, -0.25) is 9.59 Å². The molecule has 0 aliphatic carbocycles. The van der Waals surface area contributed by atoms with E-state index in [1.807, 2.05) is 38.4 Å². The first-order chi connectivity index (χ1) is 13.0. The van der Waals surface area contributed by atoms with Gasteiger partial charge in [0.05, 0.1) is 25.2 Å². The molecule has 2 aromatic carbocycles. The van der Waals surface area contributed by atoms with Crippen molar-refractivity contribution in [1.29, 1.82) is 0 Å². The number of aromatic nitrogens is 2. The lowest BCUT2D eigenvalue weighted by Crippen LogP contribution is -2.32. The quantitative estimate of drug-likeness (QED) is 0.526.